The first-order valence-electron chi connectivity index (χ1n) is 14.3. The molecule has 1 rings (SSSR count). The Labute approximate surface area is 238 Å². The summed E-state index contributed by atoms with van der Waals surface area (Å²) in [7, 11) is 0. The van der Waals surface area contributed by atoms with Gasteiger partial charge in [-0.15, -0.1) is 0 Å². The van der Waals surface area contributed by atoms with Gasteiger partial charge in [-0.2, -0.15) is 0 Å². The quantitative estimate of drug-likeness (QED) is 0.0976. The third-order valence-electron chi connectivity index (χ3n) is 5.58. The molecule has 0 radical (unpaired) electrons. The normalized spacial score (nSPS) is 15.3. The molecule has 1 N–H and O–H groups in total. The smallest absolute Gasteiger partial charge is 0.232 e. The Morgan fingerprint density at radius 3 is 1.40 bits per heavy atom. The van der Waals surface area contributed by atoms with Crippen LogP contribution in [0.5, 0.6) is 0 Å². The molecule has 13 heteroatoms. The summed E-state index contributed by atoms with van der Waals surface area (Å²) in [4.78, 5) is 36.1. The lowest BCUT2D eigenvalue weighted by molar-refractivity contribution is -0.140. The van der Waals surface area contributed by atoms with E-state index >= 15 is 0 Å². The van der Waals surface area contributed by atoms with E-state index in [1.54, 1.807) is 6.92 Å². The topological polar surface area (TPSA) is 140 Å². The van der Waals surface area contributed by atoms with Crippen molar-refractivity contribution in [3.63, 3.8) is 0 Å². The highest BCUT2D eigenvalue weighted by Crippen LogP contribution is 2.17. The minimum atomic E-state index is -0.223. The minimum Gasteiger partial charge on any atom is -0.379 e. The van der Waals surface area contributed by atoms with E-state index in [2.05, 4.69) is 5.32 Å². The van der Waals surface area contributed by atoms with Crippen LogP contribution in [0.1, 0.15) is 33.1 Å². The van der Waals surface area contributed by atoms with Crippen molar-refractivity contribution >= 4 is 17.7 Å². The predicted octanol–water partition coefficient (Wildman–Crippen LogP) is 0.431. The third kappa shape index (κ3) is 20.2. The Bertz CT molecular complexity index is 654. The predicted molar refractivity (Wildman–Crippen MR) is 145 cm³/mol. The first-order chi connectivity index (χ1) is 19.6. The van der Waals surface area contributed by atoms with Gasteiger partial charge in [-0.05, 0) is 6.42 Å². The molecule has 0 aromatic carbocycles. The second kappa shape index (κ2) is 26.2. The van der Waals surface area contributed by atoms with Crippen LogP contribution in [0.25, 0.3) is 0 Å². The van der Waals surface area contributed by atoms with Crippen molar-refractivity contribution in [2.45, 2.75) is 33.1 Å². The number of hydrogen-bond donors (Lipinski definition) is 1. The SMILES string of the molecule is CCCNC(=O)CCOCCOCCOCCOCCOCCOCCOCCOCCN1C(=O)CC(C)C1=O. The fraction of sp³-hybridized carbons (Fsp3) is 0.889. The lowest BCUT2D eigenvalue weighted by atomic mass is 10.1. The zero-order chi connectivity index (χ0) is 29.1. The van der Waals surface area contributed by atoms with E-state index in [0.717, 1.165) is 6.42 Å². The molecule has 0 bridgehead atoms. The number of likely N-dealkylation sites (tertiary alicyclic amines) is 1. The molecule has 1 atom stereocenters. The van der Waals surface area contributed by atoms with E-state index in [9.17, 15) is 14.4 Å². The van der Waals surface area contributed by atoms with Gasteiger partial charge in [-0.1, -0.05) is 13.8 Å². The molecule has 40 heavy (non-hydrogen) atoms. The average molecular weight is 579 g/mol. The van der Waals surface area contributed by atoms with Crippen LogP contribution in [0.15, 0.2) is 0 Å². The van der Waals surface area contributed by atoms with Crippen LogP contribution in [-0.4, -0.2) is 141 Å². The Morgan fingerprint density at radius 1 is 0.675 bits per heavy atom. The van der Waals surface area contributed by atoms with Crippen molar-refractivity contribution in [2.75, 3.05) is 119 Å². The number of amides is 3. The second-order valence-electron chi connectivity index (χ2n) is 8.99. The third-order valence-corrected chi connectivity index (χ3v) is 5.58. The molecular formula is C27H50N2O11. The van der Waals surface area contributed by atoms with Crippen molar-refractivity contribution in [1.82, 2.24) is 10.2 Å². The standard InChI is InChI=1S/C27H50N2O11/c1-3-5-28-25(30)4-7-33-9-11-35-13-15-37-17-19-39-21-22-40-20-18-38-16-14-36-12-10-34-8-6-29-26(31)23-24(2)27(29)32/h24H,3-23H2,1-2H3,(H,28,30). The molecule has 13 nitrogen and oxygen atoms in total. The largest absolute Gasteiger partial charge is 0.379 e. The summed E-state index contributed by atoms with van der Waals surface area (Å²) >= 11 is 0. The van der Waals surface area contributed by atoms with Crippen LogP contribution in [-0.2, 0) is 52.3 Å². The summed E-state index contributed by atoms with van der Waals surface area (Å²) < 4.78 is 43.3. The minimum absolute atomic E-state index is 0.0116. The first-order valence-corrected chi connectivity index (χ1v) is 14.3. The van der Waals surface area contributed by atoms with Crippen molar-refractivity contribution < 1.29 is 52.3 Å². The molecule has 1 heterocycles. The summed E-state index contributed by atoms with van der Waals surface area (Å²) in [6, 6.07) is 0. The highest BCUT2D eigenvalue weighted by Gasteiger charge is 2.34. The molecular weight excluding hydrogens is 528 g/mol. The molecule has 1 saturated heterocycles. The number of nitrogens with zero attached hydrogens (tertiary/aromatic N) is 1. The number of ether oxygens (including phenoxy) is 8. The van der Waals surface area contributed by atoms with Crippen LogP contribution < -0.4 is 5.32 Å². The summed E-state index contributed by atoms with van der Waals surface area (Å²) in [5.74, 6) is -0.463. The Morgan fingerprint density at radius 2 is 1.05 bits per heavy atom. The number of nitrogens with one attached hydrogen (secondary N) is 1. The van der Waals surface area contributed by atoms with Gasteiger partial charge in [-0.25, -0.2) is 0 Å². The van der Waals surface area contributed by atoms with E-state index < -0.39 is 0 Å². The molecule has 0 aromatic rings. The molecule has 0 spiro atoms. The maximum Gasteiger partial charge on any atom is 0.232 e. The van der Waals surface area contributed by atoms with Gasteiger partial charge in [0.1, 0.15) is 0 Å². The number of hydrogen-bond acceptors (Lipinski definition) is 11. The van der Waals surface area contributed by atoms with Gasteiger partial charge < -0.3 is 43.2 Å². The highest BCUT2D eigenvalue weighted by atomic mass is 16.6. The van der Waals surface area contributed by atoms with Crippen LogP contribution in [0.4, 0.5) is 0 Å². The van der Waals surface area contributed by atoms with Crippen molar-refractivity contribution in [2.24, 2.45) is 5.92 Å². The first kappa shape index (κ1) is 36.3. The van der Waals surface area contributed by atoms with Gasteiger partial charge in [0.15, 0.2) is 0 Å². The van der Waals surface area contributed by atoms with E-state index in [-0.39, 0.29) is 30.1 Å². The van der Waals surface area contributed by atoms with Crippen LogP contribution in [0.3, 0.4) is 0 Å². The van der Waals surface area contributed by atoms with Gasteiger partial charge >= 0.3 is 0 Å². The summed E-state index contributed by atoms with van der Waals surface area (Å²) in [6.45, 7) is 12.0. The van der Waals surface area contributed by atoms with Crippen molar-refractivity contribution in [3.8, 4) is 0 Å². The summed E-state index contributed by atoms with van der Waals surface area (Å²) in [5.41, 5.74) is 0. The number of rotatable bonds is 29. The van der Waals surface area contributed by atoms with Crippen LogP contribution >= 0.6 is 0 Å². The monoisotopic (exact) mass is 578 g/mol. The second-order valence-corrected chi connectivity index (χ2v) is 8.99. The molecule has 0 saturated carbocycles. The van der Waals surface area contributed by atoms with Gasteiger partial charge in [0.2, 0.25) is 17.7 Å². The van der Waals surface area contributed by atoms with E-state index in [4.69, 9.17) is 37.9 Å². The maximum atomic E-state index is 11.8. The lowest BCUT2D eigenvalue weighted by Crippen LogP contribution is -2.33. The maximum absolute atomic E-state index is 11.8. The van der Waals surface area contributed by atoms with Gasteiger partial charge in [0, 0.05) is 25.3 Å². The zero-order valence-corrected chi connectivity index (χ0v) is 24.4. The number of carbonyl (C=O) groups excluding carboxylic acids is 3. The van der Waals surface area contributed by atoms with Crippen molar-refractivity contribution in [3.05, 3.63) is 0 Å². The number of imide groups is 1. The van der Waals surface area contributed by atoms with Gasteiger partial charge in [-0.3, -0.25) is 19.3 Å². The molecule has 3 amide bonds. The Kier molecular flexibility index (Phi) is 23.8. The van der Waals surface area contributed by atoms with Crippen LogP contribution in [0, 0.1) is 5.92 Å². The molecule has 1 fully saturated rings. The molecule has 0 aliphatic carbocycles. The summed E-state index contributed by atoms with van der Waals surface area (Å²) in [6.07, 6.45) is 1.58. The molecule has 1 aliphatic heterocycles. The zero-order valence-electron chi connectivity index (χ0n) is 24.4. The molecule has 1 aliphatic rings. The Balaban J connectivity index is 1.67. The molecule has 0 aromatic heterocycles. The fourth-order valence-corrected chi connectivity index (χ4v) is 3.40. The van der Waals surface area contributed by atoms with E-state index in [0.29, 0.717) is 125 Å². The highest BCUT2D eigenvalue weighted by molar-refractivity contribution is 6.03. The number of carbonyl (C=O) groups is 3. The Hall–Kier alpha value is -1.71. The van der Waals surface area contributed by atoms with E-state index in [1.165, 1.54) is 4.90 Å². The summed E-state index contributed by atoms with van der Waals surface area (Å²) in [5, 5.41) is 2.80. The van der Waals surface area contributed by atoms with E-state index in [1.807, 2.05) is 6.92 Å². The van der Waals surface area contributed by atoms with Crippen LogP contribution in [0.2, 0.25) is 0 Å². The fourth-order valence-electron chi connectivity index (χ4n) is 3.40. The average Bonchev–Trinajstić information content (AvgIpc) is 3.19. The lowest BCUT2D eigenvalue weighted by Gasteiger charge is -2.14. The van der Waals surface area contributed by atoms with Crippen molar-refractivity contribution in [1.29, 1.82) is 0 Å². The molecule has 234 valence electrons. The van der Waals surface area contributed by atoms with Gasteiger partial charge in [0.05, 0.1) is 112 Å². The van der Waals surface area contributed by atoms with Gasteiger partial charge in [0.25, 0.3) is 0 Å². The molecule has 1 unspecified atom stereocenters.